The van der Waals surface area contributed by atoms with Crippen molar-refractivity contribution in [2.45, 2.75) is 26.4 Å². The Morgan fingerprint density at radius 1 is 1.44 bits per heavy atom. The van der Waals surface area contributed by atoms with Crippen molar-refractivity contribution < 1.29 is 14.1 Å². The van der Waals surface area contributed by atoms with E-state index in [1.165, 1.54) is 0 Å². The Bertz CT molecular complexity index is 744. The number of likely N-dealkylation sites (N-methyl/N-ethyl adjacent to an activating group) is 1. The van der Waals surface area contributed by atoms with Gasteiger partial charge < -0.3 is 19.5 Å². The number of pyridine rings is 1. The molecule has 0 bridgehead atoms. The van der Waals surface area contributed by atoms with E-state index in [0.717, 1.165) is 34.8 Å². The number of morpholine rings is 1. The third-order valence-electron chi connectivity index (χ3n) is 4.36. The van der Waals surface area contributed by atoms with Gasteiger partial charge in [-0.05, 0) is 26.1 Å². The van der Waals surface area contributed by atoms with E-state index in [1.54, 1.807) is 7.05 Å². The van der Waals surface area contributed by atoms with Gasteiger partial charge in [-0.2, -0.15) is 0 Å². The molecule has 3 heterocycles. The topological polar surface area (TPSA) is 80.5 Å². The average molecular weight is 344 g/mol. The van der Waals surface area contributed by atoms with Crippen LogP contribution in [0.1, 0.15) is 30.2 Å². The monoisotopic (exact) mass is 344 g/mol. The molecule has 25 heavy (non-hydrogen) atoms. The highest BCUT2D eigenvalue weighted by atomic mass is 16.5. The number of carbonyl (C=O) groups is 1. The first kappa shape index (κ1) is 17.6. The maximum absolute atomic E-state index is 12.1. The maximum Gasteiger partial charge on any atom is 0.236 e. The van der Waals surface area contributed by atoms with E-state index in [4.69, 9.17) is 14.2 Å². The van der Waals surface area contributed by atoms with Crippen molar-refractivity contribution in [2.75, 3.05) is 33.3 Å². The minimum absolute atomic E-state index is 0.0788. The number of nitrogens with one attached hydrogen (secondary N) is 1. The summed E-state index contributed by atoms with van der Waals surface area (Å²) in [6, 6.07) is 5.85. The fraction of sp³-hybridized carbons (Fsp3) is 0.500. The first-order valence-corrected chi connectivity index (χ1v) is 8.60. The zero-order valence-electron chi connectivity index (χ0n) is 14.9. The van der Waals surface area contributed by atoms with Gasteiger partial charge >= 0.3 is 0 Å². The van der Waals surface area contributed by atoms with E-state index in [1.807, 2.05) is 36.9 Å². The number of carbonyl (C=O) groups excluding carboxylic acids is 1. The number of hydrogen-bond donors (Lipinski definition) is 1. The van der Waals surface area contributed by atoms with E-state index in [-0.39, 0.29) is 12.0 Å². The van der Waals surface area contributed by atoms with E-state index in [2.05, 4.69) is 10.5 Å². The zero-order chi connectivity index (χ0) is 17.8. The molecule has 134 valence electrons. The van der Waals surface area contributed by atoms with Crippen LogP contribution >= 0.6 is 0 Å². The molecule has 1 aliphatic rings. The Kier molecular flexibility index (Phi) is 5.45. The van der Waals surface area contributed by atoms with Crippen molar-refractivity contribution in [1.82, 2.24) is 20.4 Å². The third kappa shape index (κ3) is 3.72. The van der Waals surface area contributed by atoms with Crippen LogP contribution in [-0.2, 0) is 16.0 Å². The summed E-state index contributed by atoms with van der Waals surface area (Å²) in [5.74, 6) is 0.910. The molecule has 1 atom stereocenters. The summed E-state index contributed by atoms with van der Waals surface area (Å²) in [5.41, 5.74) is 3.43. The second-order valence-electron chi connectivity index (χ2n) is 6.10. The second-order valence-corrected chi connectivity index (χ2v) is 6.10. The van der Waals surface area contributed by atoms with Gasteiger partial charge in [0.1, 0.15) is 11.9 Å². The largest absolute Gasteiger partial charge is 0.368 e. The minimum Gasteiger partial charge on any atom is -0.368 e. The number of amides is 1. The Labute approximate surface area is 147 Å². The molecule has 0 aliphatic carbocycles. The standard InChI is InChI=1S/C18H24N4O3/c1-4-15-18(12(2)21-25-15)14-7-5-6-13(20-14)16-11-22(8-9-24-16)17(23)10-19-3/h5-7,16,19H,4,8-11H2,1-3H3. The molecule has 0 radical (unpaired) electrons. The molecule has 1 amide bonds. The van der Waals surface area contributed by atoms with Crippen LogP contribution < -0.4 is 5.32 Å². The molecule has 7 heteroatoms. The first-order valence-electron chi connectivity index (χ1n) is 8.60. The number of rotatable bonds is 5. The normalized spacial score (nSPS) is 17.7. The molecular formula is C18H24N4O3. The summed E-state index contributed by atoms with van der Waals surface area (Å²) in [5, 5.41) is 6.96. The molecule has 3 rings (SSSR count). The summed E-state index contributed by atoms with van der Waals surface area (Å²) in [7, 11) is 1.77. The van der Waals surface area contributed by atoms with Crippen LogP contribution in [0.3, 0.4) is 0 Å². The van der Waals surface area contributed by atoms with Gasteiger partial charge in [0.15, 0.2) is 0 Å². The van der Waals surface area contributed by atoms with Crippen LogP contribution in [0.4, 0.5) is 0 Å². The molecule has 1 unspecified atom stereocenters. The maximum atomic E-state index is 12.1. The number of hydrogen-bond acceptors (Lipinski definition) is 6. The van der Waals surface area contributed by atoms with Gasteiger partial charge in [0.05, 0.1) is 42.3 Å². The van der Waals surface area contributed by atoms with Crippen LogP contribution in [0.15, 0.2) is 22.7 Å². The second kappa shape index (κ2) is 7.76. The Balaban J connectivity index is 1.84. The molecule has 1 fully saturated rings. The van der Waals surface area contributed by atoms with Gasteiger partial charge in [0.25, 0.3) is 0 Å². The average Bonchev–Trinajstić information content (AvgIpc) is 3.03. The summed E-state index contributed by atoms with van der Waals surface area (Å²) in [6.45, 7) is 5.92. The van der Waals surface area contributed by atoms with Crippen molar-refractivity contribution in [3.8, 4) is 11.3 Å². The molecule has 2 aromatic rings. The van der Waals surface area contributed by atoms with E-state index in [0.29, 0.717) is 26.2 Å². The van der Waals surface area contributed by atoms with Crippen molar-refractivity contribution in [2.24, 2.45) is 0 Å². The summed E-state index contributed by atoms with van der Waals surface area (Å²) in [4.78, 5) is 18.7. The highest BCUT2D eigenvalue weighted by Crippen LogP contribution is 2.28. The molecular weight excluding hydrogens is 320 g/mol. The third-order valence-corrected chi connectivity index (χ3v) is 4.36. The SMILES string of the molecule is CCc1onc(C)c1-c1cccc(C2CN(C(=O)CNC)CCO2)n1. The Morgan fingerprint density at radius 2 is 2.28 bits per heavy atom. The minimum atomic E-state index is -0.222. The van der Waals surface area contributed by atoms with Crippen LogP contribution in [0, 0.1) is 6.92 Å². The summed E-state index contributed by atoms with van der Waals surface area (Å²) < 4.78 is 11.2. The van der Waals surface area contributed by atoms with Crippen LogP contribution in [-0.4, -0.2) is 54.2 Å². The van der Waals surface area contributed by atoms with Crippen LogP contribution in [0.5, 0.6) is 0 Å². The van der Waals surface area contributed by atoms with Gasteiger partial charge in [-0.1, -0.05) is 18.1 Å². The van der Waals surface area contributed by atoms with Crippen LogP contribution in [0.2, 0.25) is 0 Å². The summed E-state index contributed by atoms with van der Waals surface area (Å²) >= 11 is 0. The molecule has 0 saturated carbocycles. The number of aromatic nitrogens is 2. The number of nitrogens with zero attached hydrogens (tertiary/aromatic N) is 3. The first-order chi connectivity index (χ1) is 12.1. The molecule has 1 saturated heterocycles. The lowest BCUT2D eigenvalue weighted by molar-refractivity contribution is -0.138. The predicted molar refractivity (Wildman–Crippen MR) is 93.0 cm³/mol. The van der Waals surface area contributed by atoms with E-state index >= 15 is 0 Å². The van der Waals surface area contributed by atoms with E-state index in [9.17, 15) is 4.79 Å². The van der Waals surface area contributed by atoms with Gasteiger partial charge in [0.2, 0.25) is 5.91 Å². The Hall–Kier alpha value is -2.25. The molecule has 2 aromatic heterocycles. The van der Waals surface area contributed by atoms with Crippen molar-refractivity contribution in [3.05, 3.63) is 35.3 Å². The highest BCUT2D eigenvalue weighted by Gasteiger charge is 2.26. The molecule has 1 aliphatic heterocycles. The molecule has 0 spiro atoms. The molecule has 7 nitrogen and oxygen atoms in total. The number of ether oxygens (including phenoxy) is 1. The molecule has 1 N–H and O–H groups in total. The predicted octanol–water partition coefficient (Wildman–Crippen LogP) is 1.73. The van der Waals surface area contributed by atoms with E-state index < -0.39 is 0 Å². The van der Waals surface area contributed by atoms with Gasteiger partial charge in [-0.3, -0.25) is 4.79 Å². The lowest BCUT2D eigenvalue weighted by atomic mass is 10.1. The fourth-order valence-electron chi connectivity index (χ4n) is 3.07. The Morgan fingerprint density at radius 3 is 3.04 bits per heavy atom. The fourth-order valence-corrected chi connectivity index (χ4v) is 3.07. The summed E-state index contributed by atoms with van der Waals surface area (Å²) in [6.07, 6.45) is 0.536. The van der Waals surface area contributed by atoms with Gasteiger partial charge in [0, 0.05) is 13.0 Å². The quantitative estimate of drug-likeness (QED) is 0.890. The highest BCUT2D eigenvalue weighted by molar-refractivity contribution is 5.78. The van der Waals surface area contributed by atoms with Crippen molar-refractivity contribution >= 4 is 5.91 Å². The van der Waals surface area contributed by atoms with Gasteiger partial charge in [-0.25, -0.2) is 4.98 Å². The van der Waals surface area contributed by atoms with Gasteiger partial charge in [-0.15, -0.1) is 0 Å². The number of aryl methyl sites for hydroxylation is 2. The smallest absolute Gasteiger partial charge is 0.236 e. The molecule has 0 aromatic carbocycles. The van der Waals surface area contributed by atoms with Crippen molar-refractivity contribution in [3.63, 3.8) is 0 Å². The van der Waals surface area contributed by atoms with Crippen LogP contribution in [0.25, 0.3) is 11.3 Å². The lowest BCUT2D eigenvalue weighted by Crippen LogP contribution is -2.45. The zero-order valence-corrected chi connectivity index (χ0v) is 14.9. The van der Waals surface area contributed by atoms with Crippen molar-refractivity contribution in [1.29, 1.82) is 0 Å². The lowest BCUT2D eigenvalue weighted by Gasteiger charge is -2.32.